The van der Waals surface area contributed by atoms with Crippen LogP contribution in [0.1, 0.15) is 54.2 Å². The van der Waals surface area contributed by atoms with Crippen LogP contribution < -0.4 is 0 Å². The molecule has 7 heteroatoms. The fourth-order valence-corrected chi connectivity index (χ4v) is 3.28. The van der Waals surface area contributed by atoms with Gasteiger partial charge in [-0.3, -0.25) is 0 Å². The van der Waals surface area contributed by atoms with Gasteiger partial charge in [0.2, 0.25) is 0 Å². The molecule has 1 N–H and O–H groups in total. The van der Waals surface area contributed by atoms with Crippen LogP contribution >= 0.6 is 15.9 Å². The predicted octanol–water partition coefficient (Wildman–Crippen LogP) is 4.86. The normalized spacial score (nSPS) is 12.5. The van der Waals surface area contributed by atoms with Gasteiger partial charge in [-0.25, -0.2) is 14.6 Å². The van der Waals surface area contributed by atoms with Gasteiger partial charge in [-0.1, -0.05) is 28.1 Å². The molecule has 150 valence electrons. The highest BCUT2D eigenvalue weighted by atomic mass is 79.9. The molecule has 28 heavy (non-hydrogen) atoms. The number of hydrogen-bond acceptors (Lipinski definition) is 5. The van der Waals surface area contributed by atoms with Gasteiger partial charge >= 0.3 is 11.9 Å². The first-order chi connectivity index (χ1) is 13.0. The van der Waals surface area contributed by atoms with Crippen molar-refractivity contribution < 1.29 is 24.2 Å². The van der Waals surface area contributed by atoms with Crippen molar-refractivity contribution in [1.82, 2.24) is 4.98 Å². The minimum Gasteiger partial charge on any atom is -0.477 e. The van der Waals surface area contributed by atoms with Gasteiger partial charge in [-0.15, -0.1) is 0 Å². The summed E-state index contributed by atoms with van der Waals surface area (Å²) in [6, 6.07) is 7.41. The maximum atomic E-state index is 12.6. The summed E-state index contributed by atoms with van der Waals surface area (Å²) in [7, 11) is 1.29. The second-order valence-electron chi connectivity index (χ2n) is 7.40. The number of nitrogens with zero attached hydrogens (tertiary/aromatic N) is 1. The summed E-state index contributed by atoms with van der Waals surface area (Å²) in [6.07, 6.45) is -1.04. The molecule has 0 radical (unpaired) electrons. The average Bonchev–Trinajstić information content (AvgIpc) is 2.60. The van der Waals surface area contributed by atoms with Crippen molar-refractivity contribution in [3.63, 3.8) is 0 Å². The fraction of sp³-hybridized carbons (Fsp3) is 0.381. The Morgan fingerprint density at radius 1 is 1.14 bits per heavy atom. The molecule has 0 aliphatic heterocycles. The quantitative estimate of drug-likeness (QED) is 0.656. The van der Waals surface area contributed by atoms with Crippen LogP contribution in [-0.4, -0.2) is 34.7 Å². The van der Waals surface area contributed by atoms with E-state index in [1.54, 1.807) is 13.8 Å². The van der Waals surface area contributed by atoms with Gasteiger partial charge in [0.25, 0.3) is 0 Å². The van der Waals surface area contributed by atoms with E-state index in [0.29, 0.717) is 22.4 Å². The molecule has 6 nitrogen and oxygen atoms in total. The summed E-state index contributed by atoms with van der Waals surface area (Å²) in [5.74, 6) is -1.70. The standard InChI is InChI=1S/C21H24BrNO5/c1-11-15(13-7-9-14(22)10-8-13)16(12(2)23-17(11)19(24)25)18(20(26)27-6)28-21(3,4)5/h7-10,18H,1-6H3,(H,24,25). The first kappa shape index (κ1) is 22.0. The van der Waals surface area contributed by atoms with Gasteiger partial charge in [0.05, 0.1) is 12.7 Å². The number of aromatic nitrogens is 1. The molecule has 0 bridgehead atoms. The number of benzene rings is 1. The van der Waals surface area contributed by atoms with E-state index in [9.17, 15) is 14.7 Å². The Balaban J connectivity index is 2.87. The van der Waals surface area contributed by atoms with Crippen LogP contribution in [0.2, 0.25) is 0 Å². The van der Waals surface area contributed by atoms with Crippen LogP contribution in [0, 0.1) is 13.8 Å². The number of pyridine rings is 1. The summed E-state index contributed by atoms with van der Waals surface area (Å²) in [5.41, 5.74) is 2.04. The second-order valence-corrected chi connectivity index (χ2v) is 8.32. The van der Waals surface area contributed by atoms with E-state index in [-0.39, 0.29) is 5.69 Å². The second kappa shape index (κ2) is 8.41. The molecule has 0 saturated carbocycles. The molecule has 0 saturated heterocycles. The molecule has 0 fully saturated rings. The van der Waals surface area contributed by atoms with Crippen molar-refractivity contribution in [2.24, 2.45) is 0 Å². The summed E-state index contributed by atoms with van der Waals surface area (Å²) in [6.45, 7) is 8.87. The highest BCUT2D eigenvalue weighted by Gasteiger charge is 2.34. The van der Waals surface area contributed by atoms with Crippen molar-refractivity contribution in [2.45, 2.75) is 46.3 Å². The lowest BCUT2D eigenvalue weighted by molar-refractivity contribution is -0.164. The molecule has 0 aliphatic carbocycles. The van der Waals surface area contributed by atoms with Gasteiger partial charge < -0.3 is 14.6 Å². The maximum Gasteiger partial charge on any atom is 0.354 e. The van der Waals surface area contributed by atoms with Gasteiger partial charge in [0.1, 0.15) is 0 Å². The molecule has 1 aromatic carbocycles. The fourth-order valence-electron chi connectivity index (χ4n) is 3.02. The maximum absolute atomic E-state index is 12.6. The number of carboxylic acid groups (broad SMARTS) is 1. The topological polar surface area (TPSA) is 85.7 Å². The van der Waals surface area contributed by atoms with Gasteiger partial charge in [0, 0.05) is 15.7 Å². The molecule has 1 heterocycles. The number of methoxy groups -OCH3 is 1. The van der Waals surface area contributed by atoms with E-state index < -0.39 is 23.6 Å². The first-order valence-corrected chi connectivity index (χ1v) is 9.51. The van der Waals surface area contributed by atoms with Gasteiger partial charge in [-0.05, 0) is 63.4 Å². The number of carbonyl (C=O) groups excluding carboxylic acids is 1. The van der Waals surface area contributed by atoms with Crippen LogP contribution in [0.5, 0.6) is 0 Å². The molecule has 1 atom stereocenters. The molecule has 0 aliphatic rings. The Morgan fingerprint density at radius 3 is 2.18 bits per heavy atom. The molecule has 0 spiro atoms. The van der Waals surface area contributed by atoms with Crippen LogP contribution in [0.4, 0.5) is 0 Å². The van der Waals surface area contributed by atoms with Crippen LogP contribution in [0.3, 0.4) is 0 Å². The third-order valence-corrected chi connectivity index (χ3v) is 4.68. The minimum absolute atomic E-state index is 0.0569. The van der Waals surface area contributed by atoms with Crippen molar-refractivity contribution in [3.05, 3.63) is 51.3 Å². The number of rotatable bonds is 5. The van der Waals surface area contributed by atoms with Crippen LogP contribution in [0.15, 0.2) is 28.7 Å². The number of halogens is 1. The summed E-state index contributed by atoms with van der Waals surface area (Å²) < 4.78 is 11.9. The number of aryl methyl sites for hydroxylation is 1. The third-order valence-electron chi connectivity index (χ3n) is 4.15. The molecular weight excluding hydrogens is 426 g/mol. The zero-order chi connectivity index (χ0) is 21.2. The molecule has 0 amide bonds. The van der Waals surface area contributed by atoms with Crippen molar-refractivity contribution in [2.75, 3.05) is 7.11 Å². The number of carboxylic acids is 1. The highest BCUT2D eigenvalue weighted by molar-refractivity contribution is 9.10. The van der Waals surface area contributed by atoms with E-state index >= 15 is 0 Å². The number of carbonyl (C=O) groups is 2. The Bertz CT molecular complexity index is 900. The monoisotopic (exact) mass is 449 g/mol. The molecular formula is C21H24BrNO5. The summed E-state index contributed by atoms with van der Waals surface area (Å²) in [4.78, 5) is 28.6. The van der Waals surface area contributed by atoms with Crippen LogP contribution in [-0.2, 0) is 14.3 Å². The molecule has 2 rings (SSSR count). The molecule has 2 aromatic rings. The zero-order valence-corrected chi connectivity index (χ0v) is 18.4. The van der Waals surface area contributed by atoms with E-state index in [2.05, 4.69) is 20.9 Å². The lowest BCUT2D eigenvalue weighted by Crippen LogP contribution is -2.29. The number of aromatic carboxylic acids is 1. The summed E-state index contributed by atoms with van der Waals surface area (Å²) in [5, 5.41) is 9.58. The average molecular weight is 450 g/mol. The lowest BCUT2D eigenvalue weighted by Gasteiger charge is -2.29. The Morgan fingerprint density at radius 2 is 1.71 bits per heavy atom. The third kappa shape index (κ3) is 4.77. The van der Waals surface area contributed by atoms with Crippen molar-refractivity contribution in [1.29, 1.82) is 0 Å². The zero-order valence-electron chi connectivity index (χ0n) is 16.8. The van der Waals surface area contributed by atoms with Gasteiger partial charge in [-0.2, -0.15) is 0 Å². The number of hydrogen-bond donors (Lipinski definition) is 1. The minimum atomic E-state index is -1.13. The van der Waals surface area contributed by atoms with E-state index in [4.69, 9.17) is 9.47 Å². The molecule has 1 unspecified atom stereocenters. The van der Waals surface area contributed by atoms with Gasteiger partial charge in [0.15, 0.2) is 11.8 Å². The Kier molecular flexibility index (Phi) is 6.62. The largest absolute Gasteiger partial charge is 0.477 e. The number of ether oxygens (including phenoxy) is 2. The van der Waals surface area contributed by atoms with E-state index in [0.717, 1.165) is 10.0 Å². The molecule has 1 aromatic heterocycles. The van der Waals surface area contributed by atoms with Crippen molar-refractivity contribution >= 4 is 27.9 Å². The summed E-state index contributed by atoms with van der Waals surface area (Å²) >= 11 is 3.41. The predicted molar refractivity (Wildman–Crippen MR) is 109 cm³/mol. The lowest BCUT2D eigenvalue weighted by atomic mass is 9.90. The Labute approximate surface area is 173 Å². The van der Waals surface area contributed by atoms with E-state index in [1.807, 2.05) is 45.0 Å². The highest BCUT2D eigenvalue weighted by Crippen LogP contribution is 2.38. The number of esters is 1. The van der Waals surface area contributed by atoms with Crippen molar-refractivity contribution in [3.8, 4) is 11.1 Å². The SMILES string of the molecule is COC(=O)C(OC(C)(C)C)c1c(C)nc(C(=O)O)c(C)c1-c1ccc(Br)cc1. The Hall–Kier alpha value is -2.25. The van der Waals surface area contributed by atoms with E-state index in [1.165, 1.54) is 7.11 Å². The van der Waals surface area contributed by atoms with Crippen LogP contribution in [0.25, 0.3) is 11.1 Å². The smallest absolute Gasteiger partial charge is 0.354 e. The first-order valence-electron chi connectivity index (χ1n) is 8.72.